The summed E-state index contributed by atoms with van der Waals surface area (Å²) < 4.78 is 10.0. The average molecular weight is 299 g/mol. The number of anilines is 2. The van der Waals surface area contributed by atoms with Gasteiger partial charge in [0.2, 0.25) is 5.82 Å². The first-order chi connectivity index (χ1) is 10.7. The number of ether oxygens (including phenoxy) is 1. The highest BCUT2D eigenvalue weighted by Crippen LogP contribution is 2.26. The summed E-state index contributed by atoms with van der Waals surface area (Å²) in [6.45, 7) is 3.71. The Balaban J connectivity index is 2.09. The van der Waals surface area contributed by atoms with Gasteiger partial charge in [0, 0.05) is 6.20 Å². The molecule has 112 valence electrons. The Morgan fingerprint density at radius 1 is 1.36 bits per heavy atom. The molecule has 0 unspecified atom stereocenters. The van der Waals surface area contributed by atoms with Gasteiger partial charge in [-0.15, -0.1) is 0 Å². The van der Waals surface area contributed by atoms with Crippen molar-refractivity contribution in [1.29, 1.82) is 0 Å². The molecular formula is C14H13N5O3. The van der Waals surface area contributed by atoms with Crippen molar-refractivity contribution in [2.45, 2.75) is 13.8 Å². The minimum atomic E-state index is -0.623. The number of hydrogen-bond acceptors (Lipinski definition) is 8. The summed E-state index contributed by atoms with van der Waals surface area (Å²) in [6.07, 6.45) is 1.65. The Morgan fingerprint density at radius 2 is 2.23 bits per heavy atom. The maximum absolute atomic E-state index is 11.8. The molecule has 3 heterocycles. The van der Waals surface area contributed by atoms with Gasteiger partial charge in [-0.05, 0) is 26.0 Å². The molecule has 3 aromatic rings. The largest absolute Gasteiger partial charge is 0.460 e. The molecule has 0 saturated carbocycles. The maximum Gasteiger partial charge on any atom is 0.376 e. The summed E-state index contributed by atoms with van der Waals surface area (Å²) in [5.41, 5.74) is 0.831. The van der Waals surface area contributed by atoms with Gasteiger partial charge in [-0.1, -0.05) is 11.2 Å². The lowest BCUT2D eigenvalue weighted by Crippen LogP contribution is -2.11. The molecule has 22 heavy (non-hydrogen) atoms. The van der Waals surface area contributed by atoms with E-state index in [1.807, 2.05) is 6.07 Å². The third kappa shape index (κ3) is 2.58. The first kappa shape index (κ1) is 13.9. The van der Waals surface area contributed by atoms with Crippen molar-refractivity contribution in [1.82, 2.24) is 20.1 Å². The third-order valence-electron chi connectivity index (χ3n) is 2.88. The second kappa shape index (κ2) is 5.76. The van der Waals surface area contributed by atoms with Crippen LogP contribution in [0.25, 0.3) is 11.1 Å². The predicted molar refractivity (Wildman–Crippen MR) is 77.8 cm³/mol. The highest BCUT2D eigenvalue weighted by molar-refractivity contribution is 5.94. The fraction of sp³-hybridized carbons (Fsp3) is 0.214. The summed E-state index contributed by atoms with van der Waals surface area (Å²) in [5.74, 6) is 0.259. The Hall–Kier alpha value is -3.03. The minimum absolute atomic E-state index is 0.0936. The normalized spacial score (nSPS) is 10.6. The van der Waals surface area contributed by atoms with Crippen molar-refractivity contribution >= 4 is 28.7 Å². The molecule has 0 bridgehead atoms. The van der Waals surface area contributed by atoms with Crippen LogP contribution < -0.4 is 5.32 Å². The summed E-state index contributed by atoms with van der Waals surface area (Å²) in [6, 6.07) is 5.41. The van der Waals surface area contributed by atoms with E-state index in [1.54, 1.807) is 32.2 Å². The molecular weight excluding hydrogens is 286 g/mol. The van der Waals surface area contributed by atoms with Crippen molar-refractivity contribution in [2.24, 2.45) is 0 Å². The van der Waals surface area contributed by atoms with Gasteiger partial charge in [-0.25, -0.2) is 14.8 Å². The van der Waals surface area contributed by atoms with Crippen molar-refractivity contribution in [3.8, 4) is 0 Å². The molecule has 8 nitrogen and oxygen atoms in total. The quantitative estimate of drug-likeness (QED) is 0.731. The number of nitrogens with zero attached hydrogens (tertiary/aromatic N) is 4. The van der Waals surface area contributed by atoms with Crippen LogP contribution in [0.2, 0.25) is 0 Å². The second-order valence-electron chi connectivity index (χ2n) is 4.40. The van der Waals surface area contributed by atoms with E-state index >= 15 is 0 Å². The summed E-state index contributed by atoms with van der Waals surface area (Å²) in [4.78, 5) is 24.3. The van der Waals surface area contributed by atoms with Crippen LogP contribution in [0.4, 0.5) is 11.6 Å². The Labute approximate surface area is 125 Å². The van der Waals surface area contributed by atoms with E-state index in [1.165, 1.54) is 0 Å². The number of aromatic nitrogens is 4. The zero-order chi connectivity index (χ0) is 15.5. The van der Waals surface area contributed by atoms with Gasteiger partial charge in [0.05, 0.1) is 12.3 Å². The van der Waals surface area contributed by atoms with Crippen LogP contribution in [0.1, 0.15) is 23.2 Å². The Kier molecular flexibility index (Phi) is 3.65. The van der Waals surface area contributed by atoms with E-state index in [2.05, 4.69) is 25.4 Å². The molecule has 0 spiro atoms. The molecule has 0 aliphatic heterocycles. The lowest BCUT2D eigenvalue weighted by molar-refractivity contribution is 0.0512. The molecule has 3 aromatic heterocycles. The zero-order valence-electron chi connectivity index (χ0n) is 12.0. The number of carbonyl (C=O) groups is 1. The van der Waals surface area contributed by atoms with Gasteiger partial charge in [0.15, 0.2) is 0 Å². The van der Waals surface area contributed by atoms with E-state index < -0.39 is 5.97 Å². The maximum atomic E-state index is 11.8. The third-order valence-corrected chi connectivity index (χ3v) is 2.88. The molecule has 8 heteroatoms. The van der Waals surface area contributed by atoms with E-state index in [-0.39, 0.29) is 18.1 Å². The number of nitrogens with one attached hydrogen (secondary N) is 1. The number of rotatable bonds is 4. The zero-order valence-corrected chi connectivity index (χ0v) is 12.0. The lowest BCUT2D eigenvalue weighted by Gasteiger charge is -2.07. The number of hydrogen-bond donors (Lipinski definition) is 1. The molecule has 0 atom stereocenters. The van der Waals surface area contributed by atoms with Gasteiger partial charge >= 0.3 is 5.97 Å². The standard InChI is InChI=1S/C14H13N5O3/c1-3-21-14(20)12-17-11(16-9-6-4-5-7-15-9)10-8(2)19-22-13(10)18-12/h4-7H,3H2,1-2H3,(H,15,16,17,18). The monoisotopic (exact) mass is 299 g/mol. The predicted octanol–water partition coefficient (Wildman–Crippen LogP) is 2.24. The minimum Gasteiger partial charge on any atom is -0.460 e. The second-order valence-corrected chi connectivity index (χ2v) is 4.40. The molecule has 0 aliphatic carbocycles. The number of carbonyl (C=O) groups excluding carboxylic acids is 1. The van der Waals surface area contributed by atoms with E-state index in [4.69, 9.17) is 9.26 Å². The Morgan fingerprint density at radius 3 is 2.95 bits per heavy atom. The van der Waals surface area contributed by atoms with Crippen LogP contribution in [0.5, 0.6) is 0 Å². The van der Waals surface area contributed by atoms with Gasteiger partial charge in [0.25, 0.3) is 5.71 Å². The molecule has 1 N–H and O–H groups in total. The van der Waals surface area contributed by atoms with E-state index in [9.17, 15) is 4.79 Å². The van der Waals surface area contributed by atoms with Gasteiger partial charge < -0.3 is 14.6 Å². The number of esters is 1. The summed E-state index contributed by atoms with van der Waals surface area (Å²) in [7, 11) is 0. The topological polar surface area (TPSA) is 103 Å². The van der Waals surface area contributed by atoms with Crippen molar-refractivity contribution < 1.29 is 14.1 Å². The van der Waals surface area contributed by atoms with Gasteiger partial charge in [-0.2, -0.15) is 4.98 Å². The smallest absolute Gasteiger partial charge is 0.376 e. The summed E-state index contributed by atoms with van der Waals surface area (Å²) in [5, 5.41) is 7.49. The first-order valence-corrected chi connectivity index (χ1v) is 6.68. The van der Waals surface area contributed by atoms with Crippen LogP contribution in [-0.2, 0) is 4.74 Å². The lowest BCUT2D eigenvalue weighted by atomic mass is 10.3. The molecule has 0 aliphatic rings. The molecule has 0 saturated heterocycles. The number of aryl methyl sites for hydroxylation is 1. The van der Waals surface area contributed by atoms with Gasteiger partial charge in [-0.3, -0.25) is 0 Å². The molecule has 0 radical (unpaired) electrons. The van der Waals surface area contributed by atoms with Crippen molar-refractivity contribution in [3.05, 3.63) is 35.9 Å². The number of fused-ring (bicyclic) bond motifs is 1. The highest BCUT2D eigenvalue weighted by Gasteiger charge is 2.19. The van der Waals surface area contributed by atoms with E-state index in [0.717, 1.165) is 0 Å². The van der Waals surface area contributed by atoms with Crippen molar-refractivity contribution in [3.63, 3.8) is 0 Å². The van der Waals surface area contributed by atoms with Crippen LogP contribution in [0.15, 0.2) is 28.9 Å². The fourth-order valence-corrected chi connectivity index (χ4v) is 1.93. The molecule has 0 aromatic carbocycles. The highest BCUT2D eigenvalue weighted by atomic mass is 16.5. The first-order valence-electron chi connectivity index (χ1n) is 6.68. The van der Waals surface area contributed by atoms with E-state index in [0.29, 0.717) is 22.7 Å². The summed E-state index contributed by atoms with van der Waals surface area (Å²) >= 11 is 0. The fourth-order valence-electron chi connectivity index (χ4n) is 1.93. The average Bonchev–Trinajstić information content (AvgIpc) is 2.90. The molecule has 3 rings (SSSR count). The van der Waals surface area contributed by atoms with Gasteiger partial charge in [0.1, 0.15) is 17.0 Å². The SMILES string of the molecule is CCOC(=O)c1nc(Nc2ccccn2)c2c(C)noc2n1. The Bertz CT molecular complexity index is 816. The molecule has 0 fully saturated rings. The van der Waals surface area contributed by atoms with Crippen molar-refractivity contribution in [2.75, 3.05) is 11.9 Å². The van der Waals surface area contributed by atoms with Crippen LogP contribution in [-0.4, -0.2) is 32.7 Å². The van der Waals surface area contributed by atoms with Crippen LogP contribution in [0.3, 0.4) is 0 Å². The van der Waals surface area contributed by atoms with Crippen LogP contribution in [0, 0.1) is 6.92 Å². The van der Waals surface area contributed by atoms with Crippen LogP contribution >= 0.6 is 0 Å². The number of pyridine rings is 1. The molecule has 0 amide bonds.